The normalized spacial score (nSPS) is 12.5. The third-order valence-corrected chi connectivity index (χ3v) is 3.37. The Morgan fingerprint density at radius 1 is 1.52 bits per heavy atom. The van der Waals surface area contributed by atoms with E-state index in [1.54, 1.807) is 12.1 Å². The molecule has 0 bridgehead atoms. The van der Waals surface area contributed by atoms with Gasteiger partial charge in [0.05, 0.1) is 11.6 Å². The van der Waals surface area contributed by atoms with Crippen molar-refractivity contribution in [1.29, 1.82) is 0 Å². The monoisotopic (exact) mass is 293 g/mol. The zero-order chi connectivity index (χ0) is 15.2. The molecule has 1 amide bonds. The lowest BCUT2D eigenvalue weighted by Gasteiger charge is -2.08. The van der Waals surface area contributed by atoms with Crippen LogP contribution in [0.3, 0.4) is 0 Å². The van der Waals surface area contributed by atoms with Crippen molar-refractivity contribution in [1.82, 2.24) is 15.3 Å². The Balaban J connectivity index is 1.81. The number of para-hydroxylation sites is 1. The minimum atomic E-state index is -0.372. The number of benzene rings is 1. The summed E-state index contributed by atoms with van der Waals surface area (Å²) < 4.78 is 13.5. The highest BCUT2D eigenvalue weighted by atomic mass is 19.1. The van der Waals surface area contributed by atoms with E-state index < -0.39 is 0 Å². The van der Waals surface area contributed by atoms with Gasteiger partial charge in [0.2, 0.25) is 5.91 Å². The predicted molar refractivity (Wildman–Crippen MR) is 78.3 cm³/mol. The Kier molecular flexibility index (Phi) is 5.27. The number of amides is 1. The number of nitrogens with zero attached hydrogens (tertiary/aromatic N) is 1. The highest BCUT2D eigenvalue weighted by Gasteiger charge is 2.09. The van der Waals surface area contributed by atoms with Crippen LogP contribution in [0.4, 0.5) is 4.39 Å². The largest absolute Gasteiger partial charge is 0.393 e. The van der Waals surface area contributed by atoms with Gasteiger partial charge in [-0.05, 0) is 25.0 Å². The molecule has 6 heteroatoms. The van der Waals surface area contributed by atoms with Gasteiger partial charge in [-0.2, -0.15) is 0 Å². The number of imidazole rings is 1. The molecule has 0 spiro atoms. The van der Waals surface area contributed by atoms with Gasteiger partial charge in [-0.25, -0.2) is 9.37 Å². The van der Waals surface area contributed by atoms with E-state index in [1.165, 1.54) is 6.07 Å². The van der Waals surface area contributed by atoms with Crippen LogP contribution < -0.4 is 5.32 Å². The second kappa shape index (κ2) is 7.17. The van der Waals surface area contributed by atoms with Crippen LogP contribution in [0.1, 0.15) is 32.0 Å². The van der Waals surface area contributed by atoms with E-state index in [0.29, 0.717) is 42.7 Å². The molecule has 1 aromatic carbocycles. The molecule has 0 saturated carbocycles. The van der Waals surface area contributed by atoms with Crippen LogP contribution >= 0.6 is 0 Å². The number of H-pyrrole nitrogens is 1. The predicted octanol–water partition coefficient (Wildman–Crippen LogP) is 1.91. The third-order valence-electron chi connectivity index (χ3n) is 3.37. The summed E-state index contributed by atoms with van der Waals surface area (Å²) in [5.41, 5.74) is 0.940. The summed E-state index contributed by atoms with van der Waals surface area (Å²) in [5.74, 6) is 0.131. The summed E-state index contributed by atoms with van der Waals surface area (Å²) in [6, 6.07) is 4.73. The maximum absolute atomic E-state index is 13.5. The zero-order valence-corrected chi connectivity index (χ0v) is 12.0. The molecule has 0 aliphatic carbocycles. The van der Waals surface area contributed by atoms with Gasteiger partial charge in [-0.15, -0.1) is 0 Å². The first-order valence-electron chi connectivity index (χ1n) is 7.18. The van der Waals surface area contributed by atoms with Crippen LogP contribution in [0.25, 0.3) is 11.0 Å². The average molecular weight is 293 g/mol. The smallest absolute Gasteiger partial charge is 0.220 e. The molecule has 0 fully saturated rings. The summed E-state index contributed by atoms with van der Waals surface area (Å²) in [5, 5.41) is 12.1. The summed E-state index contributed by atoms with van der Waals surface area (Å²) in [6.45, 7) is 2.36. The van der Waals surface area contributed by atoms with Gasteiger partial charge >= 0.3 is 0 Å². The molecule has 2 aromatic rings. The van der Waals surface area contributed by atoms with Gasteiger partial charge in [0.25, 0.3) is 0 Å². The van der Waals surface area contributed by atoms with Gasteiger partial charge in [0, 0.05) is 19.4 Å². The quantitative estimate of drug-likeness (QED) is 0.729. The summed E-state index contributed by atoms with van der Waals surface area (Å²) >= 11 is 0. The number of hydrogen-bond acceptors (Lipinski definition) is 3. The number of rotatable bonds is 7. The van der Waals surface area contributed by atoms with E-state index in [0.717, 1.165) is 0 Å². The van der Waals surface area contributed by atoms with Crippen LogP contribution in [0, 0.1) is 5.82 Å². The molecule has 1 unspecified atom stereocenters. The van der Waals surface area contributed by atoms with Gasteiger partial charge in [-0.1, -0.05) is 13.0 Å². The van der Waals surface area contributed by atoms with Gasteiger partial charge < -0.3 is 15.4 Å². The number of halogens is 1. The number of nitrogens with one attached hydrogen (secondary N) is 2. The molecule has 1 atom stereocenters. The summed E-state index contributed by atoms with van der Waals surface area (Å²) in [6.07, 6.45) is 1.57. The van der Waals surface area contributed by atoms with Gasteiger partial charge in [0.1, 0.15) is 11.3 Å². The second-order valence-corrected chi connectivity index (χ2v) is 5.02. The van der Waals surface area contributed by atoms with Crippen molar-refractivity contribution < 1.29 is 14.3 Å². The van der Waals surface area contributed by atoms with Crippen molar-refractivity contribution in [2.45, 2.75) is 38.7 Å². The van der Waals surface area contributed by atoms with Crippen LogP contribution in [0.15, 0.2) is 18.2 Å². The van der Waals surface area contributed by atoms with Gasteiger partial charge in [-0.3, -0.25) is 4.79 Å². The molecule has 114 valence electrons. The van der Waals surface area contributed by atoms with Crippen molar-refractivity contribution in [3.8, 4) is 0 Å². The molecule has 5 nitrogen and oxygen atoms in total. The molecule has 21 heavy (non-hydrogen) atoms. The Bertz CT molecular complexity index is 612. The topological polar surface area (TPSA) is 78.0 Å². The molecule has 1 heterocycles. The molecule has 0 radical (unpaired) electrons. The number of aliphatic hydroxyl groups excluding tert-OH is 1. The third kappa shape index (κ3) is 4.26. The van der Waals surface area contributed by atoms with E-state index in [4.69, 9.17) is 0 Å². The number of aromatic amines is 1. The van der Waals surface area contributed by atoms with Crippen molar-refractivity contribution in [2.75, 3.05) is 6.54 Å². The number of aliphatic hydroxyl groups is 1. The minimum Gasteiger partial charge on any atom is -0.393 e. The molecule has 3 N–H and O–H groups in total. The maximum Gasteiger partial charge on any atom is 0.220 e. The second-order valence-electron chi connectivity index (χ2n) is 5.02. The molecule has 2 rings (SSSR count). The van der Waals surface area contributed by atoms with E-state index in [9.17, 15) is 14.3 Å². The Morgan fingerprint density at radius 2 is 2.33 bits per heavy atom. The first kappa shape index (κ1) is 15.4. The molecule has 0 aliphatic heterocycles. The van der Waals surface area contributed by atoms with E-state index in [2.05, 4.69) is 15.3 Å². The molecule has 0 aliphatic rings. The van der Waals surface area contributed by atoms with Crippen molar-refractivity contribution in [3.63, 3.8) is 0 Å². The Labute approximate surface area is 122 Å². The Morgan fingerprint density at radius 3 is 3.05 bits per heavy atom. The van der Waals surface area contributed by atoms with Crippen LogP contribution in [-0.4, -0.2) is 33.6 Å². The SMILES string of the molecule is CCC(O)CCNC(=O)CCc1nc2c(F)cccc2[nH]1. The fraction of sp³-hybridized carbons (Fsp3) is 0.467. The first-order valence-corrected chi connectivity index (χ1v) is 7.18. The average Bonchev–Trinajstić information content (AvgIpc) is 2.89. The van der Waals surface area contributed by atoms with Crippen LogP contribution in [0.2, 0.25) is 0 Å². The highest BCUT2D eigenvalue weighted by Crippen LogP contribution is 2.15. The van der Waals surface area contributed by atoms with E-state index in [-0.39, 0.29) is 24.2 Å². The summed E-state index contributed by atoms with van der Waals surface area (Å²) in [7, 11) is 0. The van der Waals surface area contributed by atoms with Crippen LogP contribution in [-0.2, 0) is 11.2 Å². The molecular weight excluding hydrogens is 273 g/mol. The highest BCUT2D eigenvalue weighted by molar-refractivity contribution is 5.77. The maximum atomic E-state index is 13.5. The number of carbonyl (C=O) groups excluding carboxylic acids is 1. The van der Waals surface area contributed by atoms with Crippen molar-refractivity contribution in [3.05, 3.63) is 29.8 Å². The van der Waals surface area contributed by atoms with Crippen molar-refractivity contribution >= 4 is 16.9 Å². The van der Waals surface area contributed by atoms with Crippen LogP contribution in [0.5, 0.6) is 0 Å². The number of hydrogen-bond donors (Lipinski definition) is 3. The number of fused-ring (bicyclic) bond motifs is 1. The summed E-state index contributed by atoms with van der Waals surface area (Å²) in [4.78, 5) is 18.8. The lowest BCUT2D eigenvalue weighted by molar-refractivity contribution is -0.121. The van der Waals surface area contributed by atoms with E-state index >= 15 is 0 Å². The lowest BCUT2D eigenvalue weighted by atomic mass is 10.2. The number of aryl methyl sites for hydroxylation is 1. The van der Waals surface area contributed by atoms with E-state index in [1.807, 2.05) is 6.92 Å². The fourth-order valence-electron chi connectivity index (χ4n) is 2.07. The first-order chi connectivity index (χ1) is 10.1. The minimum absolute atomic E-state index is 0.0979. The Hall–Kier alpha value is -1.95. The lowest BCUT2D eigenvalue weighted by Crippen LogP contribution is -2.27. The fourth-order valence-corrected chi connectivity index (χ4v) is 2.07. The number of aromatic nitrogens is 2. The molecular formula is C15H20FN3O2. The molecule has 1 aromatic heterocycles. The van der Waals surface area contributed by atoms with Crippen molar-refractivity contribution in [2.24, 2.45) is 0 Å². The number of carbonyl (C=O) groups is 1. The standard InChI is InChI=1S/C15H20FN3O2/c1-2-10(20)8-9-17-14(21)7-6-13-18-12-5-3-4-11(16)15(12)19-13/h3-5,10,20H,2,6-9H2,1H3,(H,17,21)(H,18,19). The molecule has 0 saturated heterocycles. The van der Waals surface area contributed by atoms with Gasteiger partial charge in [0.15, 0.2) is 5.82 Å². The zero-order valence-electron chi connectivity index (χ0n) is 12.0.